The molecule has 2 aromatic rings. The van der Waals surface area contributed by atoms with Gasteiger partial charge in [-0.15, -0.1) is 11.8 Å². The van der Waals surface area contributed by atoms with E-state index in [9.17, 15) is 4.79 Å². The van der Waals surface area contributed by atoms with Crippen molar-refractivity contribution in [3.8, 4) is 0 Å². The molecule has 1 heterocycles. The van der Waals surface area contributed by atoms with Gasteiger partial charge in [-0.25, -0.2) is 4.79 Å². The van der Waals surface area contributed by atoms with Crippen LogP contribution in [-0.4, -0.2) is 18.1 Å². The van der Waals surface area contributed by atoms with E-state index in [1.165, 1.54) is 7.11 Å². The van der Waals surface area contributed by atoms with Crippen molar-refractivity contribution in [1.82, 2.24) is 4.98 Å². The van der Waals surface area contributed by atoms with E-state index in [0.717, 1.165) is 10.6 Å². The first-order valence-electron chi connectivity index (χ1n) is 5.72. The second kappa shape index (κ2) is 6.24. The number of thioether (sulfide) groups is 1. The minimum absolute atomic E-state index is 0.371. The van der Waals surface area contributed by atoms with Crippen LogP contribution in [0.1, 0.15) is 16.1 Å². The molecule has 0 spiro atoms. The van der Waals surface area contributed by atoms with E-state index in [-0.39, 0.29) is 5.97 Å². The molecular weight excluding hydrogens is 260 g/mol. The van der Waals surface area contributed by atoms with Crippen molar-refractivity contribution in [3.63, 3.8) is 0 Å². The van der Waals surface area contributed by atoms with Crippen molar-refractivity contribution in [2.75, 3.05) is 12.8 Å². The maximum absolute atomic E-state index is 11.6. The van der Waals surface area contributed by atoms with Crippen molar-refractivity contribution < 1.29 is 9.53 Å². The monoisotopic (exact) mass is 274 g/mol. The Bertz CT molecular complexity index is 587. The highest BCUT2D eigenvalue weighted by Crippen LogP contribution is 2.28. The number of nitrogens with zero attached hydrogens (tertiary/aromatic N) is 1. The van der Waals surface area contributed by atoms with Gasteiger partial charge in [-0.2, -0.15) is 0 Å². The van der Waals surface area contributed by atoms with Gasteiger partial charge in [0, 0.05) is 22.5 Å². The zero-order valence-electron chi connectivity index (χ0n) is 10.5. The number of anilines is 1. The minimum atomic E-state index is -0.371. The quantitative estimate of drug-likeness (QED) is 0.527. The number of nitrogens with two attached hydrogens (primary N) is 1. The number of methoxy groups -OCH3 is 1. The van der Waals surface area contributed by atoms with E-state index in [2.05, 4.69) is 4.98 Å². The molecule has 2 N–H and O–H groups in total. The van der Waals surface area contributed by atoms with Crippen LogP contribution in [0.25, 0.3) is 0 Å². The molecule has 0 bridgehead atoms. The first kappa shape index (κ1) is 13.4. The standard InChI is InChI=1S/C14H14N2O2S/c1-18-14(17)10-5-4-8-16-12(10)9-19-13-7-3-2-6-11(13)15/h2-8H,9,15H2,1H3. The van der Waals surface area contributed by atoms with Crippen molar-refractivity contribution in [3.05, 3.63) is 53.9 Å². The Hall–Kier alpha value is -2.01. The van der Waals surface area contributed by atoms with Gasteiger partial charge in [-0.1, -0.05) is 12.1 Å². The molecule has 2 rings (SSSR count). The molecule has 4 nitrogen and oxygen atoms in total. The number of aromatic nitrogens is 1. The fraction of sp³-hybridized carbons (Fsp3) is 0.143. The van der Waals surface area contributed by atoms with Gasteiger partial charge in [0.1, 0.15) is 0 Å². The molecule has 0 aliphatic rings. The topological polar surface area (TPSA) is 65.2 Å². The molecule has 0 amide bonds. The van der Waals surface area contributed by atoms with Crippen LogP contribution in [-0.2, 0) is 10.5 Å². The molecule has 0 saturated heterocycles. The van der Waals surface area contributed by atoms with Gasteiger partial charge < -0.3 is 10.5 Å². The summed E-state index contributed by atoms with van der Waals surface area (Å²) in [5, 5.41) is 0. The van der Waals surface area contributed by atoms with Crippen LogP contribution in [0.15, 0.2) is 47.5 Å². The number of nitrogen functional groups attached to an aromatic ring is 1. The second-order valence-corrected chi connectivity index (χ2v) is 4.83. The summed E-state index contributed by atoms with van der Waals surface area (Å²) in [7, 11) is 1.36. The van der Waals surface area contributed by atoms with Crippen molar-refractivity contribution in [2.45, 2.75) is 10.6 Å². The summed E-state index contributed by atoms with van der Waals surface area (Å²) in [5.41, 5.74) is 7.79. The lowest BCUT2D eigenvalue weighted by Crippen LogP contribution is -2.06. The zero-order valence-corrected chi connectivity index (χ0v) is 11.3. The highest BCUT2D eigenvalue weighted by atomic mass is 32.2. The fourth-order valence-electron chi connectivity index (χ4n) is 1.61. The molecule has 98 valence electrons. The van der Waals surface area contributed by atoms with Gasteiger partial charge in [-0.3, -0.25) is 4.98 Å². The number of rotatable bonds is 4. The Morgan fingerprint density at radius 3 is 2.84 bits per heavy atom. The average Bonchev–Trinajstić information content (AvgIpc) is 2.46. The summed E-state index contributed by atoms with van der Waals surface area (Å²) in [6.07, 6.45) is 1.66. The molecular formula is C14H14N2O2S. The van der Waals surface area contributed by atoms with Crippen LogP contribution in [0.3, 0.4) is 0 Å². The lowest BCUT2D eigenvalue weighted by atomic mass is 10.2. The van der Waals surface area contributed by atoms with Gasteiger partial charge in [0.25, 0.3) is 0 Å². The molecule has 19 heavy (non-hydrogen) atoms. The lowest BCUT2D eigenvalue weighted by molar-refractivity contribution is 0.0599. The van der Waals surface area contributed by atoms with Crippen LogP contribution in [0, 0.1) is 0 Å². The Morgan fingerprint density at radius 2 is 2.11 bits per heavy atom. The van der Waals surface area contributed by atoms with E-state index in [1.54, 1.807) is 30.1 Å². The van der Waals surface area contributed by atoms with E-state index < -0.39 is 0 Å². The third-order valence-electron chi connectivity index (χ3n) is 2.58. The maximum Gasteiger partial charge on any atom is 0.339 e. The summed E-state index contributed by atoms with van der Waals surface area (Å²) in [6.45, 7) is 0. The van der Waals surface area contributed by atoms with Crippen LogP contribution >= 0.6 is 11.8 Å². The molecule has 1 aromatic carbocycles. The van der Waals surface area contributed by atoms with Gasteiger partial charge in [-0.05, 0) is 24.3 Å². The predicted molar refractivity (Wildman–Crippen MR) is 76.0 cm³/mol. The molecule has 0 aliphatic heterocycles. The number of hydrogen-bond donors (Lipinski definition) is 1. The number of ether oxygens (including phenoxy) is 1. The first-order valence-corrected chi connectivity index (χ1v) is 6.70. The van der Waals surface area contributed by atoms with Crippen LogP contribution in [0.5, 0.6) is 0 Å². The smallest absolute Gasteiger partial charge is 0.339 e. The number of para-hydroxylation sites is 1. The van der Waals surface area contributed by atoms with E-state index in [0.29, 0.717) is 17.0 Å². The predicted octanol–water partition coefficient (Wildman–Crippen LogP) is 2.74. The third-order valence-corrected chi connectivity index (χ3v) is 3.68. The number of pyridine rings is 1. The largest absolute Gasteiger partial charge is 0.465 e. The summed E-state index contributed by atoms with van der Waals surface area (Å²) in [6, 6.07) is 11.0. The number of carbonyl (C=O) groups is 1. The van der Waals surface area contributed by atoms with Gasteiger partial charge in [0.15, 0.2) is 0 Å². The minimum Gasteiger partial charge on any atom is -0.465 e. The first-order chi connectivity index (χ1) is 9.22. The molecule has 0 fully saturated rings. The summed E-state index contributed by atoms with van der Waals surface area (Å²) >= 11 is 1.55. The number of esters is 1. The second-order valence-electron chi connectivity index (χ2n) is 3.82. The molecule has 1 aromatic heterocycles. The van der Waals surface area contributed by atoms with E-state index in [1.807, 2.05) is 24.3 Å². The third kappa shape index (κ3) is 3.26. The van der Waals surface area contributed by atoms with Crippen LogP contribution in [0.4, 0.5) is 5.69 Å². The normalized spacial score (nSPS) is 10.2. The van der Waals surface area contributed by atoms with Gasteiger partial charge in [0.2, 0.25) is 0 Å². The summed E-state index contributed by atoms with van der Waals surface area (Å²) < 4.78 is 4.74. The van der Waals surface area contributed by atoms with E-state index in [4.69, 9.17) is 10.5 Å². The Balaban J connectivity index is 2.16. The highest BCUT2D eigenvalue weighted by Gasteiger charge is 2.12. The Labute approximate surface area is 116 Å². The summed E-state index contributed by atoms with van der Waals surface area (Å²) in [4.78, 5) is 16.8. The highest BCUT2D eigenvalue weighted by molar-refractivity contribution is 7.98. The number of carbonyl (C=O) groups excluding carboxylic acids is 1. The number of benzene rings is 1. The van der Waals surface area contributed by atoms with Crippen molar-refractivity contribution >= 4 is 23.4 Å². The van der Waals surface area contributed by atoms with Crippen molar-refractivity contribution in [1.29, 1.82) is 0 Å². The van der Waals surface area contributed by atoms with Crippen molar-refractivity contribution in [2.24, 2.45) is 0 Å². The number of hydrogen-bond acceptors (Lipinski definition) is 5. The van der Waals surface area contributed by atoms with E-state index >= 15 is 0 Å². The van der Waals surface area contributed by atoms with Gasteiger partial charge in [0.05, 0.1) is 18.4 Å². The maximum atomic E-state index is 11.6. The fourth-order valence-corrected chi connectivity index (χ4v) is 2.54. The zero-order chi connectivity index (χ0) is 13.7. The molecule has 0 unspecified atom stereocenters. The lowest BCUT2D eigenvalue weighted by Gasteiger charge is -2.07. The van der Waals surface area contributed by atoms with Gasteiger partial charge >= 0.3 is 5.97 Å². The van der Waals surface area contributed by atoms with Crippen LogP contribution < -0.4 is 5.73 Å². The molecule has 0 saturated carbocycles. The molecule has 5 heteroatoms. The summed E-state index contributed by atoms with van der Waals surface area (Å²) in [5.74, 6) is 0.198. The Morgan fingerprint density at radius 1 is 1.32 bits per heavy atom. The molecule has 0 radical (unpaired) electrons. The van der Waals surface area contributed by atoms with Crippen LogP contribution in [0.2, 0.25) is 0 Å². The molecule has 0 atom stereocenters. The SMILES string of the molecule is COC(=O)c1cccnc1CSc1ccccc1N. The Kier molecular flexibility index (Phi) is 4.41. The average molecular weight is 274 g/mol. The molecule has 0 aliphatic carbocycles.